The maximum Gasteiger partial charge on any atom is 0.0980 e. The van der Waals surface area contributed by atoms with E-state index in [0.717, 1.165) is 11.1 Å². The van der Waals surface area contributed by atoms with E-state index >= 15 is 0 Å². The zero-order valence-electron chi connectivity index (χ0n) is 5.10. The molecule has 1 nitrogen and oxygen atoms in total. The molecule has 1 aliphatic carbocycles. The quantitative estimate of drug-likeness (QED) is 0.564. The van der Waals surface area contributed by atoms with Crippen LogP contribution in [0.2, 0.25) is 5.02 Å². The Kier molecular flexibility index (Phi) is 1.18. The molecule has 0 atom stereocenters. The molecule has 0 N–H and O–H groups in total. The van der Waals surface area contributed by atoms with Crippen molar-refractivity contribution in [3.05, 3.63) is 35.7 Å². The second kappa shape index (κ2) is 2.03. The lowest BCUT2D eigenvalue weighted by Gasteiger charge is -1.91. The SMILES string of the molecule is Clc1[c]c2ccocc-2c1. The molecule has 10 heavy (non-hydrogen) atoms. The van der Waals surface area contributed by atoms with Gasteiger partial charge in [-0.1, -0.05) is 11.6 Å². The van der Waals surface area contributed by atoms with E-state index in [4.69, 9.17) is 16.0 Å². The molecule has 0 saturated carbocycles. The van der Waals surface area contributed by atoms with Gasteiger partial charge in [-0.2, -0.15) is 0 Å². The van der Waals surface area contributed by atoms with Gasteiger partial charge < -0.3 is 4.42 Å². The molecule has 0 amide bonds. The first-order chi connectivity index (χ1) is 4.86. The second-order valence-corrected chi connectivity index (χ2v) is 2.45. The average molecular weight is 152 g/mol. The van der Waals surface area contributed by atoms with E-state index in [1.54, 1.807) is 12.5 Å². The highest BCUT2D eigenvalue weighted by molar-refractivity contribution is 6.31. The Morgan fingerprint density at radius 3 is 3.20 bits per heavy atom. The van der Waals surface area contributed by atoms with Crippen molar-refractivity contribution in [1.82, 2.24) is 0 Å². The Morgan fingerprint density at radius 2 is 2.40 bits per heavy atom. The standard InChI is InChI=1S/C8H4ClO/c9-8-3-6-1-2-10-5-7(6)4-8/h1-2,4-5H. The highest BCUT2D eigenvalue weighted by Gasteiger charge is 2.03. The number of rotatable bonds is 0. The zero-order chi connectivity index (χ0) is 6.97. The van der Waals surface area contributed by atoms with Gasteiger partial charge in [0, 0.05) is 16.7 Å². The first-order valence-electron chi connectivity index (χ1n) is 2.90. The van der Waals surface area contributed by atoms with E-state index in [1.807, 2.05) is 12.1 Å². The fraction of sp³-hybridized carbons (Fsp3) is 0. The third kappa shape index (κ3) is 0.792. The van der Waals surface area contributed by atoms with E-state index in [1.165, 1.54) is 0 Å². The van der Waals surface area contributed by atoms with Crippen molar-refractivity contribution in [3.8, 4) is 11.1 Å². The van der Waals surface area contributed by atoms with Gasteiger partial charge in [0.15, 0.2) is 0 Å². The molecule has 2 aliphatic rings. The molecule has 1 aliphatic heterocycles. The molecule has 1 heterocycles. The molecule has 0 aromatic carbocycles. The molecule has 0 unspecified atom stereocenters. The molecule has 2 heteroatoms. The summed E-state index contributed by atoms with van der Waals surface area (Å²) in [5.74, 6) is 0. The molecule has 0 fully saturated rings. The van der Waals surface area contributed by atoms with Crippen molar-refractivity contribution in [2.45, 2.75) is 0 Å². The molecule has 0 spiro atoms. The minimum absolute atomic E-state index is 0.636. The molecule has 0 saturated heterocycles. The molecular formula is C8H4ClO. The topological polar surface area (TPSA) is 13.1 Å². The largest absolute Gasteiger partial charge is 0.472 e. The van der Waals surface area contributed by atoms with Crippen molar-refractivity contribution >= 4 is 11.6 Å². The molecule has 0 bridgehead atoms. The summed E-state index contributed by atoms with van der Waals surface area (Å²) in [6, 6.07) is 6.62. The Bertz CT molecular complexity index is 283. The van der Waals surface area contributed by atoms with Crippen LogP contribution in [0, 0.1) is 6.07 Å². The van der Waals surface area contributed by atoms with Crippen LogP contribution in [0.1, 0.15) is 0 Å². The fourth-order valence-corrected chi connectivity index (χ4v) is 1.13. The van der Waals surface area contributed by atoms with Gasteiger partial charge in [0.05, 0.1) is 12.5 Å². The summed E-state index contributed by atoms with van der Waals surface area (Å²) in [5.41, 5.74) is 1.99. The van der Waals surface area contributed by atoms with E-state index in [2.05, 4.69) is 6.07 Å². The third-order valence-electron chi connectivity index (χ3n) is 1.36. The third-order valence-corrected chi connectivity index (χ3v) is 1.56. The van der Waals surface area contributed by atoms with Gasteiger partial charge in [-0.3, -0.25) is 0 Å². The van der Waals surface area contributed by atoms with Crippen molar-refractivity contribution in [1.29, 1.82) is 0 Å². The van der Waals surface area contributed by atoms with E-state index in [9.17, 15) is 0 Å². The minimum Gasteiger partial charge on any atom is -0.472 e. The smallest absolute Gasteiger partial charge is 0.0980 e. The highest BCUT2D eigenvalue weighted by atomic mass is 35.5. The van der Waals surface area contributed by atoms with Crippen molar-refractivity contribution < 1.29 is 4.42 Å². The average Bonchev–Trinajstić information content (AvgIpc) is 2.27. The van der Waals surface area contributed by atoms with Crippen molar-refractivity contribution in [2.24, 2.45) is 0 Å². The lowest BCUT2D eigenvalue weighted by molar-refractivity contribution is 0.552. The monoisotopic (exact) mass is 151 g/mol. The molecule has 0 aromatic heterocycles. The predicted octanol–water partition coefficient (Wildman–Crippen LogP) is 2.84. The summed E-state index contributed by atoms with van der Waals surface area (Å²) >= 11 is 5.69. The number of hydrogen-bond acceptors (Lipinski definition) is 1. The Morgan fingerprint density at radius 1 is 1.50 bits per heavy atom. The summed E-state index contributed by atoms with van der Waals surface area (Å²) in [6.45, 7) is 0. The van der Waals surface area contributed by atoms with E-state index < -0.39 is 0 Å². The normalized spacial score (nSPS) is 10.5. The minimum atomic E-state index is 0.636. The lowest BCUT2D eigenvalue weighted by Crippen LogP contribution is -1.67. The first-order valence-corrected chi connectivity index (χ1v) is 3.28. The summed E-state index contributed by atoms with van der Waals surface area (Å²) in [5, 5.41) is 0.636. The fourth-order valence-electron chi connectivity index (χ4n) is 0.906. The second-order valence-electron chi connectivity index (χ2n) is 2.04. The van der Waals surface area contributed by atoms with Crippen LogP contribution >= 0.6 is 11.6 Å². The van der Waals surface area contributed by atoms with Gasteiger partial charge in [-0.05, 0) is 17.7 Å². The van der Waals surface area contributed by atoms with Crippen LogP contribution in [0.15, 0.2) is 29.1 Å². The Hall–Kier alpha value is -0.950. The number of halogens is 1. The van der Waals surface area contributed by atoms with Crippen LogP contribution in [0.25, 0.3) is 11.1 Å². The van der Waals surface area contributed by atoms with E-state index in [0.29, 0.717) is 5.02 Å². The van der Waals surface area contributed by atoms with Crippen LogP contribution in [0.3, 0.4) is 0 Å². The first kappa shape index (κ1) is 5.81. The van der Waals surface area contributed by atoms with Crippen LogP contribution in [-0.4, -0.2) is 0 Å². The molecule has 0 aromatic rings. The van der Waals surface area contributed by atoms with Gasteiger partial charge >= 0.3 is 0 Å². The zero-order valence-corrected chi connectivity index (χ0v) is 5.85. The van der Waals surface area contributed by atoms with Gasteiger partial charge in [-0.15, -0.1) is 0 Å². The van der Waals surface area contributed by atoms with Gasteiger partial charge in [-0.25, -0.2) is 0 Å². The van der Waals surface area contributed by atoms with E-state index in [-0.39, 0.29) is 0 Å². The molecule has 49 valence electrons. The summed E-state index contributed by atoms with van der Waals surface area (Å²) in [4.78, 5) is 0. The van der Waals surface area contributed by atoms with Gasteiger partial charge in [0.25, 0.3) is 0 Å². The van der Waals surface area contributed by atoms with Gasteiger partial charge in [0.1, 0.15) is 0 Å². The number of hydrogen-bond donors (Lipinski definition) is 0. The molecule has 2 rings (SSSR count). The van der Waals surface area contributed by atoms with Crippen molar-refractivity contribution in [3.63, 3.8) is 0 Å². The summed E-state index contributed by atoms with van der Waals surface area (Å²) in [6.07, 6.45) is 3.26. The van der Waals surface area contributed by atoms with Crippen LogP contribution in [0.5, 0.6) is 0 Å². The van der Waals surface area contributed by atoms with Crippen molar-refractivity contribution in [2.75, 3.05) is 0 Å². The van der Waals surface area contributed by atoms with Gasteiger partial charge in [0.2, 0.25) is 0 Å². The predicted molar refractivity (Wildman–Crippen MR) is 39.2 cm³/mol. The summed E-state index contributed by atoms with van der Waals surface area (Å²) in [7, 11) is 0. The Labute approximate surface area is 63.6 Å². The maximum atomic E-state index is 5.69. The molecule has 1 radical (unpaired) electrons. The summed E-state index contributed by atoms with van der Waals surface area (Å²) < 4.78 is 4.93. The number of fused-ring (bicyclic) bond motifs is 1. The molecular weight excluding hydrogens is 148 g/mol. The lowest BCUT2D eigenvalue weighted by atomic mass is 10.2. The maximum absolute atomic E-state index is 5.69. The Balaban J connectivity index is 2.76. The van der Waals surface area contributed by atoms with Crippen LogP contribution in [-0.2, 0) is 0 Å². The van der Waals surface area contributed by atoms with Crippen LogP contribution in [0.4, 0.5) is 0 Å². The van der Waals surface area contributed by atoms with Crippen LogP contribution < -0.4 is 0 Å². The highest BCUT2D eigenvalue weighted by Crippen LogP contribution is 2.27.